The summed E-state index contributed by atoms with van der Waals surface area (Å²) in [6.07, 6.45) is 14.7. The molecule has 10 heteroatoms. The van der Waals surface area contributed by atoms with Gasteiger partial charge in [0.05, 0.1) is 22.7 Å². The van der Waals surface area contributed by atoms with Crippen molar-refractivity contribution < 1.29 is 0 Å². The molecule has 5 aliphatic heterocycles. The van der Waals surface area contributed by atoms with E-state index in [2.05, 4.69) is 442 Å². The Hall–Kier alpha value is -10.6. The van der Waals surface area contributed by atoms with Crippen molar-refractivity contribution in [2.24, 2.45) is 0 Å². The molecule has 10 nitrogen and oxygen atoms in total. The highest BCUT2D eigenvalue weighted by atomic mass is 15.4. The molecule has 10 aromatic rings. The summed E-state index contributed by atoms with van der Waals surface area (Å²) in [5, 5.41) is 0. The van der Waals surface area contributed by atoms with E-state index in [1.165, 1.54) is 118 Å². The zero-order chi connectivity index (χ0) is 71.8. The molecule has 101 heavy (non-hydrogen) atoms. The summed E-state index contributed by atoms with van der Waals surface area (Å²) in [5.41, 5.74) is 27.5. The van der Waals surface area contributed by atoms with Gasteiger partial charge in [-0.2, -0.15) is 0 Å². The number of hydrogen-bond acceptors (Lipinski definition) is 10. The normalized spacial score (nSPS) is 17.8. The molecule has 0 saturated carbocycles. The number of anilines is 12. The van der Waals surface area contributed by atoms with Crippen LogP contribution in [-0.4, -0.2) is 44.9 Å². The fourth-order valence-corrected chi connectivity index (χ4v) is 14.8. The topological polar surface area (TPSA) is 32.4 Å². The van der Waals surface area contributed by atoms with Crippen molar-refractivity contribution in [2.45, 2.75) is 153 Å². The lowest BCUT2D eigenvalue weighted by atomic mass is 9.92. The molecule has 15 rings (SSSR count). The summed E-state index contributed by atoms with van der Waals surface area (Å²) in [6, 6.07) is 83.7. The first-order valence-corrected chi connectivity index (χ1v) is 36.2. The van der Waals surface area contributed by atoms with E-state index in [1.54, 1.807) is 0 Å². The average molecular weight is 1340 g/mol. The largest absolute Gasteiger partial charge is 0.353 e. The summed E-state index contributed by atoms with van der Waals surface area (Å²) in [6.45, 7) is 35.6. The van der Waals surface area contributed by atoms with E-state index in [9.17, 15) is 0 Å². The number of benzene rings is 10. The zero-order valence-electron chi connectivity index (χ0n) is 63.0. The first-order valence-electron chi connectivity index (χ1n) is 36.2. The van der Waals surface area contributed by atoms with Crippen molar-refractivity contribution in [3.8, 4) is 0 Å². The molecule has 0 aliphatic carbocycles. The first-order chi connectivity index (χ1) is 48.7. The minimum absolute atomic E-state index is 0.262. The van der Waals surface area contributed by atoms with E-state index < -0.39 is 0 Å². The highest BCUT2D eigenvalue weighted by molar-refractivity contribution is 5.85. The number of hydrogen-bond donors (Lipinski definition) is 0. The Morgan fingerprint density at radius 3 is 0.832 bits per heavy atom. The third-order valence-electron chi connectivity index (χ3n) is 20.8. The lowest BCUT2D eigenvalue weighted by molar-refractivity contribution is 0.727. The van der Waals surface area contributed by atoms with Crippen molar-refractivity contribution in [2.75, 3.05) is 63.1 Å². The molecular formula is C91H106N10. The van der Waals surface area contributed by atoms with Crippen LogP contribution in [-0.2, 0) is 0 Å². The highest BCUT2D eigenvalue weighted by Crippen LogP contribution is 2.46. The number of nitrogens with zero attached hydrogens (tertiary/aromatic N) is 10. The second-order valence-electron chi connectivity index (χ2n) is 28.0. The zero-order valence-corrected chi connectivity index (χ0v) is 63.0. The van der Waals surface area contributed by atoms with Crippen LogP contribution in [0.1, 0.15) is 124 Å². The third-order valence-corrected chi connectivity index (χ3v) is 20.8. The van der Waals surface area contributed by atoms with Crippen molar-refractivity contribution in [3.05, 3.63) is 324 Å². The molecule has 5 atom stereocenters. The van der Waals surface area contributed by atoms with Crippen LogP contribution < -0.4 is 49.0 Å². The van der Waals surface area contributed by atoms with Gasteiger partial charge in [0.25, 0.3) is 0 Å². The van der Waals surface area contributed by atoms with Gasteiger partial charge in [-0.3, -0.25) is 0 Å². The maximum absolute atomic E-state index is 2.44. The van der Waals surface area contributed by atoms with Crippen molar-refractivity contribution in [1.29, 1.82) is 0 Å². The van der Waals surface area contributed by atoms with Crippen LogP contribution in [0.15, 0.2) is 274 Å². The Morgan fingerprint density at radius 1 is 0.228 bits per heavy atom. The maximum Gasteiger partial charge on any atom is 0.107 e. The van der Waals surface area contributed by atoms with Gasteiger partial charge in [-0.25, -0.2) is 0 Å². The molecule has 0 aromatic heterocycles. The van der Waals surface area contributed by atoms with Gasteiger partial charge in [-0.1, -0.05) is 198 Å². The van der Waals surface area contributed by atoms with Gasteiger partial charge in [0.1, 0.15) is 30.8 Å². The van der Waals surface area contributed by atoms with Gasteiger partial charge in [-0.15, -0.1) is 0 Å². The molecule has 520 valence electrons. The lowest BCUT2D eigenvalue weighted by Crippen LogP contribution is -2.37. The van der Waals surface area contributed by atoms with E-state index in [0.717, 1.165) is 0 Å². The first kappa shape index (κ1) is 71.7. The Labute approximate surface area is 605 Å². The average Bonchev–Trinajstić information content (AvgIpc) is 1.66. The molecule has 0 unspecified atom stereocenters. The smallest absolute Gasteiger partial charge is 0.107 e. The number of rotatable bonds is 10. The molecule has 0 spiro atoms. The van der Waals surface area contributed by atoms with Gasteiger partial charge >= 0.3 is 0 Å². The minimum Gasteiger partial charge on any atom is -0.353 e. The molecule has 0 fully saturated rings. The van der Waals surface area contributed by atoms with E-state index in [0.29, 0.717) is 30.3 Å². The van der Waals surface area contributed by atoms with Crippen molar-refractivity contribution in [1.82, 2.24) is 0 Å². The monoisotopic (exact) mass is 1340 g/mol. The van der Waals surface area contributed by atoms with Gasteiger partial charge < -0.3 is 49.0 Å². The Bertz CT molecular complexity index is 4380. The quantitative estimate of drug-likeness (QED) is 0.132. The van der Waals surface area contributed by atoms with Crippen LogP contribution in [0, 0.1) is 48.5 Å². The maximum atomic E-state index is 2.44. The molecule has 0 amide bonds. The van der Waals surface area contributed by atoms with Gasteiger partial charge in [0.2, 0.25) is 0 Å². The van der Waals surface area contributed by atoms with E-state index in [-0.39, 0.29) is 12.3 Å². The number of para-hydroxylation sites is 12. The summed E-state index contributed by atoms with van der Waals surface area (Å²) in [5.74, 6) is 1.00. The van der Waals surface area contributed by atoms with E-state index >= 15 is 0 Å². The molecule has 0 bridgehead atoms. The minimum atomic E-state index is 0.262. The molecule has 5 aliphatic rings. The Kier molecular flexibility index (Phi) is 22.5. The second-order valence-corrected chi connectivity index (χ2v) is 28.0. The highest BCUT2D eigenvalue weighted by Gasteiger charge is 2.35. The molecule has 0 radical (unpaired) electrons. The van der Waals surface area contributed by atoms with E-state index in [4.69, 9.17) is 0 Å². The molecule has 0 saturated heterocycles. The van der Waals surface area contributed by atoms with Crippen LogP contribution in [0.5, 0.6) is 0 Å². The molecule has 10 aromatic carbocycles. The number of fused-ring (bicyclic) bond motifs is 2. The van der Waals surface area contributed by atoms with Crippen LogP contribution in [0.3, 0.4) is 0 Å². The van der Waals surface area contributed by atoms with Crippen LogP contribution in [0.2, 0.25) is 0 Å². The Morgan fingerprint density at radius 2 is 0.485 bits per heavy atom. The fraction of sp³-hybridized carbons (Fsp3) is 0.275. The van der Waals surface area contributed by atoms with Crippen LogP contribution >= 0.6 is 0 Å². The molecule has 5 heterocycles. The van der Waals surface area contributed by atoms with Crippen LogP contribution in [0.4, 0.5) is 68.2 Å². The van der Waals surface area contributed by atoms with Gasteiger partial charge in [0.15, 0.2) is 0 Å². The van der Waals surface area contributed by atoms with Gasteiger partial charge in [-0.05, 0) is 212 Å². The van der Waals surface area contributed by atoms with Crippen molar-refractivity contribution in [3.63, 3.8) is 0 Å². The molecule has 0 N–H and O–H groups in total. The standard InChI is InChI=1S/C23H30N2.C19H22N2.C17H18N2.2C16H18N2/c1-16(2)20-11-9-12-21(17(3)4)23(20)25-15-14-24(19(25)6)22-13-8-7-10-18(22)5;1-14-8-5-6-11-18(14)20-12-13-21(17(20)4)19-15(2)9-7-10-16(19)3;1-14-8-6-7-11-17(14)19-13-12-18(15(19)2)16-9-4-3-5-10-16;2*1-12-8-4-5-9-14(12)18-13(2)17(3)15-10-6-7-11-16(15)18/h7-17,19H,1-6H3;5-13,17H,1-4H3;3-13,15H,1-2H3;2*4-11,13H,1-3H3/t19-;17-;15-;2*13-/m00111/s1. The fourth-order valence-electron chi connectivity index (χ4n) is 14.8. The van der Waals surface area contributed by atoms with Crippen molar-refractivity contribution >= 4 is 68.2 Å². The van der Waals surface area contributed by atoms with E-state index in [1.807, 2.05) is 6.07 Å². The summed E-state index contributed by atoms with van der Waals surface area (Å²) < 4.78 is 0. The third kappa shape index (κ3) is 15.0. The molecular weight excluding hydrogens is 1230 g/mol. The van der Waals surface area contributed by atoms with Gasteiger partial charge in [0, 0.05) is 96.8 Å². The predicted molar refractivity (Wildman–Crippen MR) is 436 cm³/mol. The Balaban J connectivity index is 0.000000128. The second kappa shape index (κ2) is 31.7. The lowest BCUT2D eigenvalue weighted by Gasteiger charge is -2.34. The van der Waals surface area contributed by atoms with Crippen LogP contribution in [0.25, 0.3) is 0 Å². The summed E-state index contributed by atoms with van der Waals surface area (Å²) in [7, 11) is 4.31. The summed E-state index contributed by atoms with van der Waals surface area (Å²) in [4.78, 5) is 23.6. The predicted octanol–water partition coefficient (Wildman–Crippen LogP) is 23.1. The number of aryl methyl sites for hydroxylation is 7. The summed E-state index contributed by atoms with van der Waals surface area (Å²) >= 11 is 0. The SMILES string of the molecule is Cc1ccccc1N1C=CN(c2c(C(C)C)cccc2C(C)C)[C@H]1C.Cc1ccccc1N1C=CN(c2c(C)cccc2C)[C@H]1C.Cc1ccccc1N1C=CN(c2ccccc2)[C@H]1C.Cc1ccccc1N1c2ccccc2N(C)[C@H]1C.Cc1ccccc1N1c2ccccc2N(C)[C@H]1C.